The zero-order chi connectivity index (χ0) is 19.1. The predicted octanol–water partition coefficient (Wildman–Crippen LogP) is 1.63. The van der Waals surface area contributed by atoms with E-state index in [0.29, 0.717) is 38.0 Å². The van der Waals surface area contributed by atoms with Gasteiger partial charge in [0.15, 0.2) is 6.10 Å². The van der Waals surface area contributed by atoms with E-state index >= 15 is 0 Å². The van der Waals surface area contributed by atoms with Crippen LogP contribution in [0.15, 0.2) is 35.4 Å². The molecular formula is C20H24N4O4. The molecular weight excluding hydrogens is 360 g/mol. The first-order valence-electron chi connectivity index (χ1n) is 9.96. The molecule has 2 aromatic heterocycles. The van der Waals surface area contributed by atoms with Crippen molar-refractivity contribution in [2.24, 2.45) is 0 Å². The highest BCUT2D eigenvalue weighted by atomic mass is 16.5. The lowest BCUT2D eigenvalue weighted by Gasteiger charge is -2.46. The Kier molecular flexibility index (Phi) is 4.23. The topological polar surface area (TPSA) is 80.8 Å². The van der Waals surface area contributed by atoms with Gasteiger partial charge >= 0.3 is 0 Å². The second-order valence-corrected chi connectivity index (χ2v) is 7.84. The molecule has 3 aliphatic heterocycles. The fourth-order valence-electron chi connectivity index (χ4n) is 4.65. The monoisotopic (exact) mass is 384 g/mol. The van der Waals surface area contributed by atoms with E-state index in [1.807, 2.05) is 16.0 Å². The summed E-state index contributed by atoms with van der Waals surface area (Å²) in [6.45, 7) is 3.25. The summed E-state index contributed by atoms with van der Waals surface area (Å²) in [6, 6.07) is 1.68. The number of nitrogens with zero attached hydrogens (tertiary/aromatic N) is 4. The molecule has 0 unspecified atom stereocenters. The summed E-state index contributed by atoms with van der Waals surface area (Å²) in [5, 5.41) is 0. The minimum atomic E-state index is -0.616. The van der Waals surface area contributed by atoms with Crippen molar-refractivity contribution in [3.63, 3.8) is 0 Å². The average Bonchev–Trinajstić information content (AvgIpc) is 3.50. The Morgan fingerprint density at radius 1 is 1.11 bits per heavy atom. The molecule has 2 fully saturated rings. The number of imidazole rings is 1. The van der Waals surface area contributed by atoms with Gasteiger partial charge in [-0.1, -0.05) is 0 Å². The van der Waals surface area contributed by atoms with E-state index in [2.05, 4.69) is 9.55 Å². The van der Waals surface area contributed by atoms with Gasteiger partial charge < -0.3 is 23.5 Å². The Balaban J connectivity index is 1.35. The summed E-state index contributed by atoms with van der Waals surface area (Å²) in [6.07, 6.45) is 9.55. The average molecular weight is 384 g/mol. The van der Waals surface area contributed by atoms with Crippen molar-refractivity contribution in [3.8, 4) is 0 Å². The molecule has 0 N–H and O–H groups in total. The number of carbonyl (C=O) groups is 2. The fraction of sp³-hybridized carbons (Fsp3) is 0.550. The van der Waals surface area contributed by atoms with Crippen LogP contribution >= 0.6 is 0 Å². The Morgan fingerprint density at radius 2 is 1.89 bits per heavy atom. The largest absolute Gasteiger partial charge is 0.472 e. The Bertz CT molecular complexity index is 861. The summed E-state index contributed by atoms with van der Waals surface area (Å²) in [4.78, 5) is 33.9. The van der Waals surface area contributed by atoms with E-state index < -0.39 is 11.7 Å². The van der Waals surface area contributed by atoms with E-state index in [1.54, 1.807) is 12.3 Å². The number of hydrogen-bond donors (Lipinski definition) is 0. The van der Waals surface area contributed by atoms with E-state index in [-0.39, 0.29) is 11.8 Å². The summed E-state index contributed by atoms with van der Waals surface area (Å²) in [5.74, 6) is 0.911. The van der Waals surface area contributed by atoms with Gasteiger partial charge in [-0.05, 0) is 18.9 Å². The number of amides is 2. The number of furan rings is 1. The van der Waals surface area contributed by atoms with E-state index in [4.69, 9.17) is 9.15 Å². The number of ether oxygens (including phenoxy) is 1. The van der Waals surface area contributed by atoms with Gasteiger partial charge in [-0.25, -0.2) is 4.98 Å². The van der Waals surface area contributed by atoms with Crippen molar-refractivity contribution in [1.29, 1.82) is 0 Å². The molecule has 28 heavy (non-hydrogen) atoms. The number of likely N-dealkylation sites (tertiary alicyclic amines) is 2. The molecule has 5 heterocycles. The molecule has 2 aromatic rings. The molecule has 8 nitrogen and oxygen atoms in total. The second-order valence-electron chi connectivity index (χ2n) is 7.84. The highest BCUT2D eigenvalue weighted by Crippen LogP contribution is 2.40. The summed E-state index contributed by atoms with van der Waals surface area (Å²) in [5.41, 5.74) is -0.0567. The molecule has 0 bridgehead atoms. The second kappa shape index (κ2) is 6.77. The molecule has 1 atom stereocenters. The van der Waals surface area contributed by atoms with Crippen LogP contribution in [0, 0.1) is 0 Å². The third kappa shape index (κ3) is 2.83. The van der Waals surface area contributed by atoms with Crippen LogP contribution < -0.4 is 0 Å². The van der Waals surface area contributed by atoms with Crippen LogP contribution in [0.2, 0.25) is 0 Å². The van der Waals surface area contributed by atoms with Gasteiger partial charge in [-0.15, -0.1) is 0 Å². The molecule has 0 radical (unpaired) electrons. The molecule has 1 spiro atoms. The maximum atomic E-state index is 13.0. The van der Waals surface area contributed by atoms with Crippen LogP contribution in [0.25, 0.3) is 0 Å². The van der Waals surface area contributed by atoms with Crippen LogP contribution in [0.1, 0.15) is 41.9 Å². The molecule has 2 saturated heterocycles. The molecule has 0 aliphatic carbocycles. The molecule has 0 aromatic carbocycles. The smallest absolute Gasteiger partial charge is 0.257 e. The summed E-state index contributed by atoms with van der Waals surface area (Å²) < 4.78 is 13.5. The highest BCUT2D eigenvalue weighted by molar-refractivity contribution is 5.93. The minimum absolute atomic E-state index is 0.0348. The molecule has 0 saturated carbocycles. The van der Waals surface area contributed by atoms with Gasteiger partial charge in [0, 0.05) is 51.4 Å². The van der Waals surface area contributed by atoms with Crippen LogP contribution in [0.5, 0.6) is 0 Å². The van der Waals surface area contributed by atoms with Crippen molar-refractivity contribution >= 4 is 11.8 Å². The van der Waals surface area contributed by atoms with Crippen molar-refractivity contribution in [3.05, 3.63) is 42.4 Å². The maximum absolute atomic E-state index is 13.0. The number of piperidine rings is 1. The van der Waals surface area contributed by atoms with Gasteiger partial charge in [-0.3, -0.25) is 9.59 Å². The fourth-order valence-corrected chi connectivity index (χ4v) is 4.65. The van der Waals surface area contributed by atoms with Crippen molar-refractivity contribution < 1.29 is 18.7 Å². The lowest BCUT2D eigenvalue weighted by Crippen LogP contribution is -2.55. The van der Waals surface area contributed by atoms with Crippen LogP contribution in [0.3, 0.4) is 0 Å². The van der Waals surface area contributed by atoms with Gasteiger partial charge in [-0.2, -0.15) is 0 Å². The highest BCUT2D eigenvalue weighted by Gasteiger charge is 2.48. The normalized spacial score (nSPS) is 23.8. The summed E-state index contributed by atoms with van der Waals surface area (Å²) in [7, 11) is 0. The van der Waals surface area contributed by atoms with Gasteiger partial charge in [0.1, 0.15) is 17.7 Å². The first kappa shape index (κ1) is 17.5. The van der Waals surface area contributed by atoms with Crippen LogP contribution in [-0.2, 0) is 21.7 Å². The quantitative estimate of drug-likeness (QED) is 0.786. The van der Waals surface area contributed by atoms with E-state index in [0.717, 1.165) is 31.8 Å². The standard InChI is InChI=1S/C20H24N4O4/c25-17(15-3-12-27-14-15)23-9-4-20(5-10-23)19-21-6-11-24(19)13-16(28-20)18(26)22-7-1-2-8-22/h3,6,11-12,14,16H,1-2,4-5,7-10,13H2/t16-/m1/s1. The first-order chi connectivity index (χ1) is 13.7. The Hall–Kier alpha value is -2.61. The molecule has 5 rings (SSSR count). The predicted molar refractivity (Wildman–Crippen MR) is 98.4 cm³/mol. The number of carbonyl (C=O) groups excluding carboxylic acids is 2. The Morgan fingerprint density at radius 3 is 2.61 bits per heavy atom. The van der Waals surface area contributed by atoms with Crippen molar-refractivity contribution in [2.45, 2.75) is 43.9 Å². The van der Waals surface area contributed by atoms with E-state index in [9.17, 15) is 9.59 Å². The van der Waals surface area contributed by atoms with E-state index in [1.165, 1.54) is 12.5 Å². The zero-order valence-corrected chi connectivity index (χ0v) is 15.7. The zero-order valence-electron chi connectivity index (χ0n) is 15.7. The minimum Gasteiger partial charge on any atom is -0.472 e. The van der Waals surface area contributed by atoms with Crippen molar-refractivity contribution in [2.75, 3.05) is 26.2 Å². The number of hydrogen-bond acceptors (Lipinski definition) is 5. The van der Waals surface area contributed by atoms with Crippen LogP contribution in [0.4, 0.5) is 0 Å². The third-order valence-electron chi connectivity index (χ3n) is 6.17. The summed E-state index contributed by atoms with van der Waals surface area (Å²) >= 11 is 0. The first-order valence-corrected chi connectivity index (χ1v) is 9.96. The third-order valence-corrected chi connectivity index (χ3v) is 6.17. The molecule has 3 aliphatic rings. The molecule has 2 amide bonds. The number of rotatable bonds is 2. The maximum Gasteiger partial charge on any atom is 0.257 e. The SMILES string of the molecule is O=C(c1ccoc1)N1CCC2(CC1)O[C@@H](C(=O)N1CCCC1)Cn1ccnc12. The molecule has 148 valence electrons. The van der Waals surface area contributed by atoms with Gasteiger partial charge in [0.2, 0.25) is 0 Å². The Labute approximate surface area is 163 Å². The number of aromatic nitrogens is 2. The molecule has 8 heteroatoms. The van der Waals surface area contributed by atoms with Gasteiger partial charge in [0.25, 0.3) is 11.8 Å². The lowest BCUT2D eigenvalue weighted by molar-refractivity contribution is -0.179. The van der Waals surface area contributed by atoms with Gasteiger partial charge in [0.05, 0.1) is 18.4 Å². The lowest BCUT2D eigenvalue weighted by atomic mass is 9.88. The van der Waals surface area contributed by atoms with Crippen LogP contribution in [-0.4, -0.2) is 63.4 Å². The number of fused-ring (bicyclic) bond motifs is 2. The van der Waals surface area contributed by atoms with Crippen molar-refractivity contribution in [1.82, 2.24) is 19.4 Å².